The average molecular weight is 408 g/mol. The van der Waals surface area contributed by atoms with Crippen LogP contribution in [0.1, 0.15) is 11.1 Å². The van der Waals surface area contributed by atoms with E-state index in [9.17, 15) is 4.79 Å². The first-order valence-corrected chi connectivity index (χ1v) is 10.3. The topological polar surface area (TPSA) is 65.0 Å². The van der Waals surface area contributed by atoms with E-state index < -0.39 is 5.97 Å². The molecule has 0 atom stereocenters. The van der Waals surface area contributed by atoms with Gasteiger partial charge in [-0.3, -0.25) is 4.79 Å². The van der Waals surface area contributed by atoms with E-state index in [0.717, 1.165) is 39.5 Å². The van der Waals surface area contributed by atoms with Crippen LogP contribution in [0.4, 0.5) is 0 Å². The zero-order chi connectivity index (χ0) is 20.1. The number of thioether (sulfide) groups is 1. The third-order valence-corrected chi connectivity index (χ3v) is 5.45. The fourth-order valence-electron chi connectivity index (χ4n) is 3.02. The predicted molar refractivity (Wildman–Crippen MR) is 113 cm³/mol. The molecule has 0 radical (unpaired) electrons. The lowest BCUT2D eigenvalue weighted by atomic mass is 10.0. The van der Waals surface area contributed by atoms with Crippen molar-refractivity contribution in [2.45, 2.75) is 12.4 Å². The van der Waals surface area contributed by atoms with Gasteiger partial charge in [0.25, 0.3) is 0 Å². The molecule has 4 rings (SSSR count). The van der Waals surface area contributed by atoms with Crippen LogP contribution in [-0.2, 0) is 17.2 Å². The van der Waals surface area contributed by atoms with Gasteiger partial charge in [0.1, 0.15) is 12.4 Å². The summed E-state index contributed by atoms with van der Waals surface area (Å²) in [5, 5.41) is 8.73. The van der Waals surface area contributed by atoms with Crippen LogP contribution in [-0.4, -0.2) is 23.6 Å². The van der Waals surface area contributed by atoms with Gasteiger partial charge in [0.2, 0.25) is 6.79 Å². The van der Waals surface area contributed by atoms with E-state index in [2.05, 4.69) is 12.1 Å². The number of carbonyl (C=O) groups is 1. The first-order valence-electron chi connectivity index (χ1n) is 9.17. The third kappa shape index (κ3) is 5.03. The summed E-state index contributed by atoms with van der Waals surface area (Å²) in [7, 11) is 0. The minimum atomic E-state index is -0.799. The molecule has 3 aromatic carbocycles. The van der Waals surface area contributed by atoms with E-state index in [-0.39, 0.29) is 12.5 Å². The van der Waals surface area contributed by atoms with Gasteiger partial charge in [-0.05, 0) is 46.5 Å². The minimum absolute atomic E-state index is 0.0980. The fourth-order valence-corrected chi connectivity index (χ4v) is 3.71. The molecule has 0 amide bonds. The molecule has 1 heterocycles. The average Bonchev–Trinajstić information content (AvgIpc) is 3.21. The van der Waals surface area contributed by atoms with Crippen LogP contribution in [0.25, 0.3) is 11.1 Å². The largest absolute Gasteiger partial charge is 0.489 e. The molecule has 0 bridgehead atoms. The van der Waals surface area contributed by atoms with Gasteiger partial charge in [0.05, 0.1) is 5.75 Å². The highest BCUT2D eigenvalue weighted by Gasteiger charge is 2.13. The number of rotatable bonds is 8. The van der Waals surface area contributed by atoms with E-state index in [1.165, 1.54) is 11.8 Å². The second-order valence-electron chi connectivity index (χ2n) is 6.59. The van der Waals surface area contributed by atoms with Gasteiger partial charge in [-0.2, -0.15) is 0 Å². The zero-order valence-corrected chi connectivity index (χ0v) is 16.5. The smallest absolute Gasteiger partial charge is 0.313 e. The summed E-state index contributed by atoms with van der Waals surface area (Å²) < 4.78 is 16.7. The lowest BCUT2D eigenvalue weighted by Gasteiger charge is -2.09. The number of fused-ring (bicyclic) bond motifs is 1. The minimum Gasteiger partial charge on any atom is -0.489 e. The first kappa shape index (κ1) is 19.2. The van der Waals surface area contributed by atoms with E-state index in [4.69, 9.17) is 19.3 Å². The third-order valence-electron chi connectivity index (χ3n) is 4.46. The number of hydrogen-bond acceptors (Lipinski definition) is 5. The highest BCUT2D eigenvalue weighted by molar-refractivity contribution is 7.99. The predicted octanol–water partition coefficient (Wildman–Crippen LogP) is 4.98. The van der Waals surface area contributed by atoms with Crippen LogP contribution in [0, 0.1) is 0 Å². The van der Waals surface area contributed by atoms with Crippen LogP contribution in [0.2, 0.25) is 0 Å². The maximum Gasteiger partial charge on any atom is 0.313 e. The van der Waals surface area contributed by atoms with Crippen molar-refractivity contribution in [2.75, 3.05) is 12.5 Å². The molecule has 0 aliphatic carbocycles. The molecule has 0 fully saturated rings. The van der Waals surface area contributed by atoms with Gasteiger partial charge < -0.3 is 19.3 Å². The zero-order valence-electron chi connectivity index (χ0n) is 15.7. The Hall–Kier alpha value is -3.12. The summed E-state index contributed by atoms with van der Waals surface area (Å²) in [5.41, 5.74) is 4.30. The Balaban J connectivity index is 1.35. The fraction of sp³-hybridized carbons (Fsp3) is 0.174. The van der Waals surface area contributed by atoms with Gasteiger partial charge in [-0.25, -0.2) is 0 Å². The van der Waals surface area contributed by atoms with Gasteiger partial charge in [0.15, 0.2) is 11.5 Å². The Labute approximate surface area is 173 Å². The molecule has 0 spiro atoms. The van der Waals surface area contributed by atoms with Gasteiger partial charge in [-0.15, -0.1) is 11.8 Å². The molecule has 1 aliphatic heterocycles. The van der Waals surface area contributed by atoms with Crippen molar-refractivity contribution in [2.24, 2.45) is 0 Å². The van der Waals surface area contributed by atoms with Crippen LogP contribution in [0.5, 0.6) is 17.2 Å². The Morgan fingerprint density at radius 1 is 0.931 bits per heavy atom. The summed E-state index contributed by atoms with van der Waals surface area (Å²) in [6.07, 6.45) is 0. The van der Waals surface area contributed by atoms with Crippen molar-refractivity contribution in [1.29, 1.82) is 0 Å². The Morgan fingerprint density at radius 2 is 1.72 bits per heavy atom. The van der Waals surface area contributed by atoms with Crippen LogP contribution in [0.3, 0.4) is 0 Å². The van der Waals surface area contributed by atoms with E-state index >= 15 is 0 Å². The van der Waals surface area contributed by atoms with E-state index in [1.54, 1.807) is 0 Å². The SMILES string of the molecule is O=C(O)CSCc1cccc(OCc2ccc(-c3ccc4c(c3)OCO4)cc2)c1. The number of carboxylic acids is 1. The lowest BCUT2D eigenvalue weighted by molar-refractivity contribution is -0.133. The van der Waals surface area contributed by atoms with Gasteiger partial charge in [0, 0.05) is 5.75 Å². The Kier molecular flexibility index (Phi) is 5.91. The molecule has 1 N–H and O–H groups in total. The van der Waals surface area contributed by atoms with E-state index in [1.807, 2.05) is 54.6 Å². The van der Waals surface area contributed by atoms with Crippen molar-refractivity contribution >= 4 is 17.7 Å². The lowest BCUT2D eigenvalue weighted by Crippen LogP contribution is -1.98. The van der Waals surface area contributed by atoms with E-state index in [0.29, 0.717) is 12.4 Å². The molecule has 1 aliphatic rings. The van der Waals surface area contributed by atoms with Gasteiger partial charge in [-0.1, -0.05) is 42.5 Å². The standard InChI is InChI=1S/C23H20O5S/c24-23(25)14-29-13-17-2-1-3-20(10-17)26-12-16-4-6-18(7-5-16)19-8-9-21-22(11-19)28-15-27-21/h1-11H,12-15H2,(H,24,25). The number of carboxylic acid groups (broad SMARTS) is 1. The first-order chi connectivity index (χ1) is 14.2. The van der Waals surface area contributed by atoms with Crippen LogP contribution >= 0.6 is 11.8 Å². The number of hydrogen-bond donors (Lipinski definition) is 1. The van der Waals surface area contributed by atoms with Crippen molar-refractivity contribution in [1.82, 2.24) is 0 Å². The Morgan fingerprint density at radius 3 is 2.55 bits per heavy atom. The summed E-state index contributed by atoms with van der Waals surface area (Å²) >= 11 is 1.37. The second-order valence-corrected chi connectivity index (χ2v) is 7.57. The Bertz CT molecular complexity index is 1000. The summed E-state index contributed by atoms with van der Waals surface area (Å²) in [6, 6.07) is 21.9. The summed E-state index contributed by atoms with van der Waals surface area (Å²) in [5.74, 6) is 2.28. The molecule has 0 saturated heterocycles. The highest BCUT2D eigenvalue weighted by atomic mass is 32.2. The van der Waals surface area contributed by atoms with Crippen LogP contribution < -0.4 is 14.2 Å². The molecule has 0 saturated carbocycles. The molecule has 5 nitrogen and oxygen atoms in total. The van der Waals surface area contributed by atoms with Crippen molar-refractivity contribution in [3.63, 3.8) is 0 Å². The van der Waals surface area contributed by atoms with Crippen LogP contribution in [0.15, 0.2) is 66.7 Å². The van der Waals surface area contributed by atoms with Gasteiger partial charge >= 0.3 is 5.97 Å². The summed E-state index contributed by atoms with van der Waals surface area (Å²) in [6.45, 7) is 0.738. The number of aliphatic carboxylic acids is 1. The number of ether oxygens (including phenoxy) is 3. The molecular formula is C23H20O5S. The second kappa shape index (κ2) is 8.92. The maximum atomic E-state index is 10.6. The van der Waals surface area contributed by atoms with Crippen molar-refractivity contribution < 1.29 is 24.1 Å². The molecule has 6 heteroatoms. The molecule has 0 unspecified atom stereocenters. The van der Waals surface area contributed by atoms with Crippen molar-refractivity contribution in [3.8, 4) is 28.4 Å². The highest BCUT2D eigenvalue weighted by Crippen LogP contribution is 2.35. The van der Waals surface area contributed by atoms with Crippen molar-refractivity contribution in [3.05, 3.63) is 77.9 Å². The molecule has 148 valence electrons. The molecule has 29 heavy (non-hydrogen) atoms. The number of benzene rings is 3. The molecular weight excluding hydrogens is 388 g/mol. The molecule has 0 aromatic heterocycles. The maximum absolute atomic E-state index is 10.6. The molecule has 3 aromatic rings. The monoisotopic (exact) mass is 408 g/mol. The quantitative estimate of drug-likeness (QED) is 0.567. The summed E-state index contributed by atoms with van der Waals surface area (Å²) in [4.78, 5) is 10.6. The normalized spacial score (nSPS) is 12.0.